The summed E-state index contributed by atoms with van der Waals surface area (Å²) in [5, 5.41) is 18.8. The fourth-order valence-corrected chi connectivity index (χ4v) is 1.84. The summed E-state index contributed by atoms with van der Waals surface area (Å²) in [5.41, 5.74) is 0.279. The van der Waals surface area contributed by atoms with E-state index in [9.17, 15) is 5.11 Å². The molecule has 5 heteroatoms. The van der Waals surface area contributed by atoms with E-state index in [2.05, 4.69) is 9.97 Å². The van der Waals surface area contributed by atoms with Gasteiger partial charge in [-0.15, -0.1) is 0 Å². The quantitative estimate of drug-likeness (QED) is 0.854. The van der Waals surface area contributed by atoms with Gasteiger partial charge < -0.3 is 5.11 Å². The third-order valence-corrected chi connectivity index (χ3v) is 2.81. The molecule has 0 unspecified atom stereocenters. The van der Waals surface area contributed by atoms with E-state index in [-0.39, 0.29) is 11.4 Å². The highest BCUT2D eigenvalue weighted by molar-refractivity contribution is 7.99. The minimum absolute atomic E-state index is 0.207. The van der Waals surface area contributed by atoms with Crippen molar-refractivity contribution in [3.8, 4) is 11.8 Å². The molecule has 78 valence electrons. The largest absolute Gasteiger partial charge is 0.507 e. The van der Waals surface area contributed by atoms with Crippen molar-refractivity contribution in [2.24, 2.45) is 0 Å². The average molecular weight is 229 g/mol. The maximum absolute atomic E-state index is 9.55. The van der Waals surface area contributed by atoms with E-state index in [4.69, 9.17) is 5.26 Å². The Morgan fingerprint density at radius 3 is 2.62 bits per heavy atom. The lowest BCUT2D eigenvalue weighted by Crippen LogP contribution is -1.86. The summed E-state index contributed by atoms with van der Waals surface area (Å²) in [4.78, 5) is 8.66. The van der Waals surface area contributed by atoms with Crippen molar-refractivity contribution >= 4 is 11.8 Å². The minimum atomic E-state index is 0.207. The molecule has 4 nitrogen and oxygen atoms in total. The SMILES string of the molecule is N#Cc1cnc(Sc2ccccc2O)cn1. The smallest absolute Gasteiger partial charge is 0.158 e. The Hall–Kier alpha value is -2.06. The van der Waals surface area contributed by atoms with Crippen molar-refractivity contribution in [1.29, 1.82) is 5.26 Å². The van der Waals surface area contributed by atoms with Crippen LogP contribution in [0.15, 0.2) is 46.6 Å². The Balaban J connectivity index is 2.22. The molecule has 1 aromatic carbocycles. The van der Waals surface area contributed by atoms with Crippen LogP contribution in [-0.2, 0) is 0 Å². The number of hydrogen-bond donors (Lipinski definition) is 1. The average Bonchev–Trinajstić information content (AvgIpc) is 2.33. The van der Waals surface area contributed by atoms with Gasteiger partial charge in [-0.2, -0.15) is 5.26 Å². The first-order valence-corrected chi connectivity index (χ1v) is 5.29. The Kier molecular flexibility index (Phi) is 3.03. The summed E-state index contributed by atoms with van der Waals surface area (Å²) in [6, 6.07) is 8.89. The highest BCUT2D eigenvalue weighted by Gasteiger charge is 2.03. The molecule has 0 aliphatic rings. The molecule has 0 bridgehead atoms. The van der Waals surface area contributed by atoms with Gasteiger partial charge in [-0.25, -0.2) is 9.97 Å². The zero-order valence-electron chi connectivity index (χ0n) is 8.16. The van der Waals surface area contributed by atoms with Crippen LogP contribution >= 0.6 is 11.8 Å². The predicted octanol–water partition coefficient (Wildman–Crippen LogP) is 2.21. The van der Waals surface area contributed by atoms with Gasteiger partial charge in [-0.3, -0.25) is 0 Å². The number of phenolic OH excluding ortho intramolecular Hbond substituents is 1. The second-order valence-electron chi connectivity index (χ2n) is 2.92. The normalized spacial score (nSPS) is 9.69. The van der Waals surface area contributed by atoms with Crippen molar-refractivity contribution in [2.45, 2.75) is 9.92 Å². The van der Waals surface area contributed by atoms with Gasteiger partial charge in [0.25, 0.3) is 0 Å². The van der Waals surface area contributed by atoms with Crippen LogP contribution in [0.25, 0.3) is 0 Å². The van der Waals surface area contributed by atoms with Crippen molar-refractivity contribution in [3.63, 3.8) is 0 Å². The maximum Gasteiger partial charge on any atom is 0.158 e. The fourth-order valence-electron chi connectivity index (χ4n) is 1.08. The number of nitriles is 1. The Labute approximate surface area is 96.6 Å². The fraction of sp³-hybridized carbons (Fsp3) is 0. The first-order valence-electron chi connectivity index (χ1n) is 4.47. The summed E-state index contributed by atoms with van der Waals surface area (Å²) in [5.74, 6) is 0.207. The van der Waals surface area contributed by atoms with E-state index >= 15 is 0 Å². The molecule has 0 aliphatic heterocycles. The molecule has 2 aromatic rings. The molecule has 1 aromatic heterocycles. The molecule has 0 atom stereocenters. The highest BCUT2D eigenvalue weighted by Crippen LogP contribution is 2.32. The molecule has 0 spiro atoms. The Morgan fingerprint density at radius 1 is 1.19 bits per heavy atom. The molecule has 1 heterocycles. The molecule has 0 radical (unpaired) electrons. The zero-order valence-corrected chi connectivity index (χ0v) is 8.98. The Bertz CT molecular complexity index is 534. The molecular formula is C11H7N3OS. The lowest BCUT2D eigenvalue weighted by atomic mass is 10.3. The van der Waals surface area contributed by atoms with E-state index in [1.807, 2.05) is 12.1 Å². The predicted molar refractivity (Wildman–Crippen MR) is 59.0 cm³/mol. The number of aromatic nitrogens is 2. The molecule has 0 saturated carbocycles. The minimum Gasteiger partial charge on any atom is -0.507 e. The number of phenols is 1. The summed E-state index contributed by atoms with van der Waals surface area (Å²) in [7, 11) is 0. The number of rotatable bonds is 2. The van der Waals surface area contributed by atoms with E-state index in [1.54, 1.807) is 18.2 Å². The monoisotopic (exact) mass is 229 g/mol. The number of aromatic hydroxyl groups is 1. The van der Waals surface area contributed by atoms with Gasteiger partial charge in [0.1, 0.15) is 16.8 Å². The standard InChI is InChI=1S/C11H7N3OS/c12-5-8-6-14-11(7-13-8)16-10-4-2-1-3-9(10)15/h1-4,6-7,15H. The van der Waals surface area contributed by atoms with Crippen LogP contribution in [0.5, 0.6) is 5.75 Å². The Morgan fingerprint density at radius 2 is 2.00 bits per heavy atom. The topological polar surface area (TPSA) is 69.8 Å². The van der Waals surface area contributed by atoms with E-state index in [1.165, 1.54) is 24.2 Å². The van der Waals surface area contributed by atoms with E-state index in [0.29, 0.717) is 9.92 Å². The van der Waals surface area contributed by atoms with Crippen molar-refractivity contribution in [3.05, 3.63) is 42.4 Å². The molecule has 0 amide bonds. The van der Waals surface area contributed by atoms with Crippen LogP contribution in [0, 0.1) is 11.3 Å². The molecule has 0 saturated heterocycles. The summed E-state index contributed by atoms with van der Waals surface area (Å²) in [6.45, 7) is 0. The van der Waals surface area contributed by atoms with Gasteiger partial charge in [-0.05, 0) is 12.1 Å². The van der Waals surface area contributed by atoms with Crippen molar-refractivity contribution < 1.29 is 5.11 Å². The van der Waals surface area contributed by atoms with Crippen LogP contribution in [0.1, 0.15) is 5.69 Å². The summed E-state index contributed by atoms with van der Waals surface area (Å²) >= 11 is 1.30. The maximum atomic E-state index is 9.55. The van der Waals surface area contributed by atoms with Gasteiger partial charge in [0.15, 0.2) is 5.69 Å². The first-order chi connectivity index (χ1) is 7.79. The van der Waals surface area contributed by atoms with Gasteiger partial charge in [0, 0.05) is 0 Å². The van der Waals surface area contributed by atoms with Crippen LogP contribution in [0.2, 0.25) is 0 Å². The first kappa shape index (κ1) is 10.5. The molecule has 0 aliphatic carbocycles. The number of hydrogen-bond acceptors (Lipinski definition) is 5. The number of nitrogens with zero attached hydrogens (tertiary/aromatic N) is 3. The summed E-state index contributed by atoms with van der Waals surface area (Å²) < 4.78 is 0. The second kappa shape index (κ2) is 4.64. The number of para-hydroxylation sites is 1. The third-order valence-electron chi connectivity index (χ3n) is 1.82. The lowest BCUT2D eigenvalue weighted by molar-refractivity contribution is 0.462. The molecule has 16 heavy (non-hydrogen) atoms. The molecule has 1 N–H and O–H groups in total. The second-order valence-corrected chi connectivity index (χ2v) is 3.98. The highest BCUT2D eigenvalue weighted by atomic mass is 32.2. The van der Waals surface area contributed by atoms with E-state index < -0.39 is 0 Å². The molecule has 2 rings (SSSR count). The third kappa shape index (κ3) is 2.30. The van der Waals surface area contributed by atoms with Gasteiger partial charge in [0.2, 0.25) is 0 Å². The van der Waals surface area contributed by atoms with Crippen molar-refractivity contribution in [1.82, 2.24) is 9.97 Å². The lowest BCUT2D eigenvalue weighted by Gasteiger charge is -2.02. The van der Waals surface area contributed by atoms with Gasteiger partial charge in [-0.1, -0.05) is 23.9 Å². The molecular weight excluding hydrogens is 222 g/mol. The molecule has 0 fully saturated rings. The number of benzene rings is 1. The van der Waals surface area contributed by atoms with Crippen LogP contribution in [-0.4, -0.2) is 15.1 Å². The zero-order chi connectivity index (χ0) is 11.4. The van der Waals surface area contributed by atoms with Gasteiger partial charge in [0.05, 0.1) is 17.3 Å². The van der Waals surface area contributed by atoms with E-state index in [0.717, 1.165) is 0 Å². The van der Waals surface area contributed by atoms with Crippen LogP contribution in [0.4, 0.5) is 0 Å². The van der Waals surface area contributed by atoms with Crippen LogP contribution in [0.3, 0.4) is 0 Å². The van der Waals surface area contributed by atoms with Gasteiger partial charge >= 0.3 is 0 Å². The van der Waals surface area contributed by atoms with Crippen molar-refractivity contribution in [2.75, 3.05) is 0 Å². The summed E-state index contributed by atoms with van der Waals surface area (Å²) in [6.07, 6.45) is 2.91. The van der Waals surface area contributed by atoms with Crippen LogP contribution < -0.4 is 0 Å².